The zero-order valence-electron chi connectivity index (χ0n) is 9.74. The van der Waals surface area contributed by atoms with E-state index in [2.05, 4.69) is 33.5 Å². The molecule has 0 heterocycles. The Morgan fingerprint density at radius 1 is 1.36 bits per heavy atom. The van der Waals surface area contributed by atoms with Gasteiger partial charge in [0, 0.05) is 6.42 Å². The molecule has 0 bridgehead atoms. The summed E-state index contributed by atoms with van der Waals surface area (Å²) in [6.07, 6.45) is -0.492. The van der Waals surface area contributed by atoms with E-state index in [-0.39, 0.29) is 6.10 Å². The Morgan fingerprint density at radius 3 is 2.14 bits per heavy atom. The van der Waals surface area contributed by atoms with Crippen molar-refractivity contribution in [3.63, 3.8) is 0 Å². The first-order chi connectivity index (χ1) is 6.26. The van der Waals surface area contributed by atoms with Crippen molar-refractivity contribution in [1.82, 2.24) is 0 Å². The fourth-order valence-corrected chi connectivity index (χ4v) is 2.46. The fourth-order valence-electron chi connectivity index (χ4n) is 1.18. The molecule has 0 aromatic carbocycles. The highest BCUT2D eigenvalue weighted by Crippen LogP contribution is 2.18. The van der Waals surface area contributed by atoms with E-state index in [1.165, 1.54) is 0 Å². The van der Waals surface area contributed by atoms with E-state index in [0.29, 0.717) is 12.3 Å². The predicted molar refractivity (Wildman–Crippen MR) is 59.3 cm³/mol. The molecule has 0 fully saturated rings. The Hall–Kier alpha value is -0.373. The third-order valence-corrected chi connectivity index (χ3v) is 2.86. The number of hydrogen-bond acceptors (Lipinski definition) is 3. The summed E-state index contributed by atoms with van der Waals surface area (Å²) in [5.74, 6) is 0.338. The highest BCUT2D eigenvalue weighted by molar-refractivity contribution is 6.69. The van der Waals surface area contributed by atoms with Crippen molar-refractivity contribution >= 4 is 8.32 Å². The molecule has 0 aromatic rings. The molecule has 3 nitrogen and oxygen atoms in total. The number of hydrogen-bond donors (Lipinski definition) is 1. The minimum Gasteiger partial charge on any atom is -0.414 e. The van der Waals surface area contributed by atoms with Gasteiger partial charge in [-0.15, -0.1) is 0 Å². The molecule has 0 radical (unpaired) electrons. The summed E-state index contributed by atoms with van der Waals surface area (Å²) in [5, 5.41) is 17.8. The summed E-state index contributed by atoms with van der Waals surface area (Å²) in [7, 11) is -1.58. The van der Waals surface area contributed by atoms with Crippen molar-refractivity contribution in [3.05, 3.63) is 0 Å². The predicted octanol–water partition coefficient (Wildman–Crippen LogP) is 2.14. The van der Waals surface area contributed by atoms with Gasteiger partial charge in [-0.3, -0.25) is 0 Å². The monoisotopic (exact) mass is 215 g/mol. The lowest BCUT2D eigenvalue weighted by atomic mass is 10.0. The van der Waals surface area contributed by atoms with E-state index in [1.807, 2.05) is 6.07 Å². The van der Waals surface area contributed by atoms with Crippen molar-refractivity contribution in [2.75, 3.05) is 0 Å². The number of nitriles is 1. The molecule has 82 valence electrons. The van der Waals surface area contributed by atoms with Crippen LogP contribution < -0.4 is 0 Å². The molecule has 0 aromatic heterocycles. The molecule has 0 saturated carbocycles. The van der Waals surface area contributed by atoms with E-state index in [1.54, 1.807) is 0 Å². The topological polar surface area (TPSA) is 53.2 Å². The van der Waals surface area contributed by atoms with E-state index < -0.39 is 14.4 Å². The van der Waals surface area contributed by atoms with Crippen LogP contribution in [0.2, 0.25) is 19.6 Å². The molecule has 0 aliphatic rings. The first-order valence-electron chi connectivity index (χ1n) is 5.01. The maximum absolute atomic E-state index is 9.25. The molecule has 1 N–H and O–H groups in total. The largest absolute Gasteiger partial charge is 0.414 e. The van der Waals surface area contributed by atoms with Gasteiger partial charge in [0.25, 0.3) is 0 Å². The third kappa shape index (κ3) is 6.14. The lowest BCUT2D eigenvalue weighted by Crippen LogP contribution is -2.36. The highest BCUT2D eigenvalue weighted by Gasteiger charge is 2.25. The molecule has 0 aliphatic carbocycles. The average molecular weight is 215 g/mol. The van der Waals surface area contributed by atoms with Gasteiger partial charge in [-0.1, -0.05) is 13.8 Å². The lowest BCUT2D eigenvalue weighted by Gasteiger charge is -2.29. The maximum atomic E-state index is 9.25. The Bertz CT molecular complexity index is 205. The van der Waals surface area contributed by atoms with Crippen LogP contribution in [0.5, 0.6) is 0 Å². The normalized spacial score (nSPS) is 16.4. The summed E-state index contributed by atoms with van der Waals surface area (Å²) < 4.78 is 5.90. The lowest BCUT2D eigenvalue weighted by molar-refractivity contribution is 0.0874. The standard InChI is InChI=1S/C10H21NO2Si/c1-8(2)10(6-9(12)7-11)13-14(3,4)5/h8-10,12H,6H2,1-5H3/t9?,10-/m1/s1. The Morgan fingerprint density at radius 2 is 1.86 bits per heavy atom. The van der Waals surface area contributed by atoms with Gasteiger partial charge >= 0.3 is 0 Å². The van der Waals surface area contributed by atoms with Crippen LogP contribution in [0.4, 0.5) is 0 Å². The molecular formula is C10H21NO2Si. The summed E-state index contributed by atoms with van der Waals surface area (Å²) in [6, 6.07) is 1.83. The third-order valence-electron chi connectivity index (χ3n) is 1.85. The minimum absolute atomic E-state index is 0.00341. The maximum Gasteiger partial charge on any atom is 0.184 e. The number of aliphatic hydroxyl groups excluding tert-OH is 1. The summed E-state index contributed by atoms with van der Waals surface area (Å²) in [6.45, 7) is 10.4. The van der Waals surface area contributed by atoms with Crippen LogP contribution in [0, 0.1) is 17.2 Å². The summed E-state index contributed by atoms with van der Waals surface area (Å²) >= 11 is 0. The molecule has 1 unspecified atom stereocenters. The molecule has 0 rings (SSSR count). The van der Waals surface area contributed by atoms with Crippen LogP contribution >= 0.6 is 0 Å². The minimum atomic E-state index is -1.58. The van der Waals surface area contributed by atoms with Gasteiger partial charge in [-0.05, 0) is 25.6 Å². The zero-order chi connectivity index (χ0) is 11.4. The van der Waals surface area contributed by atoms with Gasteiger partial charge in [0.2, 0.25) is 0 Å². The van der Waals surface area contributed by atoms with Gasteiger partial charge in [0.1, 0.15) is 6.10 Å². The van der Waals surface area contributed by atoms with Crippen molar-refractivity contribution in [1.29, 1.82) is 5.26 Å². The molecule has 0 saturated heterocycles. The first-order valence-corrected chi connectivity index (χ1v) is 8.42. The average Bonchev–Trinajstić information content (AvgIpc) is 2.00. The van der Waals surface area contributed by atoms with Gasteiger partial charge in [-0.2, -0.15) is 5.26 Å². The molecule has 14 heavy (non-hydrogen) atoms. The van der Waals surface area contributed by atoms with E-state index >= 15 is 0 Å². The van der Waals surface area contributed by atoms with Crippen LogP contribution in [0.15, 0.2) is 0 Å². The Kier molecular flexibility index (Phi) is 5.35. The number of aliphatic hydroxyl groups is 1. The Balaban J connectivity index is 4.25. The zero-order valence-corrected chi connectivity index (χ0v) is 10.7. The quantitative estimate of drug-likeness (QED) is 0.564. The van der Waals surface area contributed by atoms with Gasteiger partial charge in [0.15, 0.2) is 8.32 Å². The van der Waals surface area contributed by atoms with Crippen LogP contribution in [0.1, 0.15) is 20.3 Å². The van der Waals surface area contributed by atoms with Crippen LogP contribution in [0.3, 0.4) is 0 Å². The molecular weight excluding hydrogens is 194 g/mol. The van der Waals surface area contributed by atoms with Gasteiger partial charge in [0.05, 0.1) is 12.2 Å². The SMILES string of the molecule is CC(C)[C@@H](CC(O)C#N)O[Si](C)(C)C. The van der Waals surface area contributed by atoms with E-state index in [4.69, 9.17) is 9.69 Å². The van der Waals surface area contributed by atoms with Crippen molar-refractivity contribution < 1.29 is 9.53 Å². The first kappa shape index (κ1) is 13.6. The molecule has 0 amide bonds. The molecule has 0 aliphatic heterocycles. The Labute approximate surface area is 87.8 Å². The van der Waals surface area contributed by atoms with Crippen LogP contribution in [-0.2, 0) is 4.43 Å². The van der Waals surface area contributed by atoms with Gasteiger partial charge < -0.3 is 9.53 Å². The van der Waals surface area contributed by atoms with E-state index in [9.17, 15) is 5.11 Å². The van der Waals surface area contributed by atoms with E-state index in [0.717, 1.165) is 0 Å². The summed E-state index contributed by atoms with van der Waals surface area (Å²) in [5.41, 5.74) is 0. The van der Waals surface area contributed by atoms with Crippen LogP contribution in [-0.4, -0.2) is 25.6 Å². The number of rotatable bonds is 5. The molecule has 0 spiro atoms. The van der Waals surface area contributed by atoms with Crippen molar-refractivity contribution in [2.24, 2.45) is 5.92 Å². The van der Waals surface area contributed by atoms with Crippen molar-refractivity contribution in [3.8, 4) is 6.07 Å². The van der Waals surface area contributed by atoms with Gasteiger partial charge in [-0.25, -0.2) is 0 Å². The molecule has 4 heteroatoms. The van der Waals surface area contributed by atoms with Crippen molar-refractivity contribution in [2.45, 2.75) is 52.1 Å². The summed E-state index contributed by atoms with van der Waals surface area (Å²) in [4.78, 5) is 0. The smallest absolute Gasteiger partial charge is 0.184 e. The fraction of sp³-hybridized carbons (Fsp3) is 0.900. The van der Waals surface area contributed by atoms with Crippen LogP contribution in [0.25, 0.3) is 0 Å². The second-order valence-corrected chi connectivity index (χ2v) is 9.35. The second kappa shape index (κ2) is 5.49. The molecule has 2 atom stereocenters. The highest BCUT2D eigenvalue weighted by atomic mass is 28.4. The number of nitrogens with zero attached hydrogens (tertiary/aromatic N) is 1. The second-order valence-electron chi connectivity index (χ2n) is 4.89.